The number of hydrogen-bond acceptors (Lipinski definition) is 7. The molecule has 3 aromatic rings. The van der Waals surface area contributed by atoms with E-state index in [1.54, 1.807) is 17.2 Å². The van der Waals surface area contributed by atoms with Crippen LogP contribution in [0.5, 0.6) is 0 Å². The summed E-state index contributed by atoms with van der Waals surface area (Å²) < 4.78 is 1.47. The number of fused-ring (bicyclic) bond motifs is 1. The normalized spacial score (nSPS) is 18.6. The van der Waals surface area contributed by atoms with Crippen molar-refractivity contribution in [2.45, 2.75) is 33.3 Å². The number of rotatable bonds is 6. The summed E-state index contributed by atoms with van der Waals surface area (Å²) in [6.07, 6.45) is 6.72. The van der Waals surface area contributed by atoms with E-state index in [2.05, 4.69) is 40.7 Å². The number of pyridine rings is 1. The van der Waals surface area contributed by atoms with Crippen LogP contribution in [-0.2, 0) is 11.4 Å². The number of primary amides is 1. The lowest BCUT2D eigenvalue weighted by atomic mass is 9.81. The molecule has 2 aromatic heterocycles. The lowest BCUT2D eigenvalue weighted by Gasteiger charge is -2.41. The first kappa shape index (κ1) is 26.2. The van der Waals surface area contributed by atoms with Gasteiger partial charge in [-0.25, -0.2) is 9.67 Å². The minimum Gasteiger partial charge on any atom is -0.391 e. The number of amides is 2. The van der Waals surface area contributed by atoms with Gasteiger partial charge < -0.3 is 21.1 Å². The maximum Gasteiger partial charge on any atom is 0.275 e. The van der Waals surface area contributed by atoms with Crippen LogP contribution in [0.25, 0.3) is 5.69 Å². The van der Waals surface area contributed by atoms with Gasteiger partial charge in [-0.3, -0.25) is 14.5 Å². The summed E-state index contributed by atoms with van der Waals surface area (Å²) in [6, 6.07) is 11.0. The fraction of sp³-hybridized carbons (Fsp3) is 0.310. The number of allylic oxidation sites excluding steroid dienone is 2. The van der Waals surface area contributed by atoms with Gasteiger partial charge in [0.1, 0.15) is 17.1 Å². The van der Waals surface area contributed by atoms with Gasteiger partial charge in [0.15, 0.2) is 5.82 Å². The van der Waals surface area contributed by atoms with E-state index in [4.69, 9.17) is 5.73 Å². The van der Waals surface area contributed by atoms with Gasteiger partial charge in [0.25, 0.3) is 11.8 Å². The zero-order chi connectivity index (χ0) is 27.7. The summed E-state index contributed by atoms with van der Waals surface area (Å²) in [5, 5.41) is 18.1. The molecule has 2 amide bonds. The zero-order valence-electron chi connectivity index (χ0n) is 22.2. The molecule has 39 heavy (non-hydrogen) atoms. The van der Waals surface area contributed by atoms with E-state index >= 15 is 0 Å². The number of para-hydroxylation sites is 1. The molecule has 0 atom stereocenters. The number of aliphatic hydroxyl groups is 1. The molecule has 0 unspecified atom stereocenters. The van der Waals surface area contributed by atoms with E-state index in [0.717, 1.165) is 30.6 Å². The number of piperazine rings is 1. The standard InChI is InChI=1S/C29H33N7O3/c1-19-15-24-28(39)35(14-13-34(24)12-10-29(2,3)16-19)27-22(18-37)23(9-11-31-27)36-17-21(25(30)38)26(33-36)32-20-7-5-4-6-8-20/h4-9,11,15,17,37H,1,10,12-14,16,18H2,2-3H3,(H2,30,38)(H,32,33)/b24-15-. The maximum absolute atomic E-state index is 13.8. The molecule has 0 radical (unpaired) electrons. The van der Waals surface area contributed by atoms with E-state index in [9.17, 15) is 14.7 Å². The highest BCUT2D eigenvalue weighted by atomic mass is 16.3. The fourth-order valence-electron chi connectivity index (χ4n) is 5.19. The molecule has 1 aromatic carbocycles. The van der Waals surface area contributed by atoms with Crippen LogP contribution in [-0.4, -0.2) is 56.2 Å². The summed E-state index contributed by atoms with van der Waals surface area (Å²) >= 11 is 0. The molecule has 202 valence electrons. The average molecular weight is 528 g/mol. The molecular formula is C29H33N7O3. The molecular weight excluding hydrogens is 494 g/mol. The van der Waals surface area contributed by atoms with Crippen molar-refractivity contribution in [2.24, 2.45) is 11.1 Å². The molecule has 0 saturated carbocycles. The monoisotopic (exact) mass is 527 g/mol. The molecule has 10 heteroatoms. The maximum atomic E-state index is 13.8. The van der Waals surface area contributed by atoms with Gasteiger partial charge in [-0.15, -0.1) is 5.10 Å². The van der Waals surface area contributed by atoms with Gasteiger partial charge in [-0.2, -0.15) is 0 Å². The summed E-state index contributed by atoms with van der Waals surface area (Å²) in [5.74, 6) is -0.208. The Bertz CT molecular complexity index is 1460. The van der Waals surface area contributed by atoms with Crippen LogP contribution in [0, 0.1) is 5.41 Å². The van der Waals surface area contributed by atoms with Gasteiger partial charge in [0, 0.05) is 43.3 Å². The zero-order valence-corrected chi connectivity index (χ0v) is 22.2. The first-order chi connectivity index (χ1) is 18.7. The number of aromatic nitrogens is 3. The Balaban J connectivity index is 1.51. The van der Waals surface area contributed by atoms with Crippen molar-refractivity contribution in [3.05, 3.63) is 83.8 Å². The molecule has 2 aliphatic rings. The Morgan fingerprint density at radius 3 is 2.67 bits per heavy atom. The first-order valence-electron chi connectivity index (χ1n) is 12.9. The molecule has 4 N–H and O–H groups in total. The Morgan fingerprint density at radius 2 is 1.95 bits per heavy atom. The number of benzene rings is 1. The van der Waals surface area contributed by atoms with Crippen molar-refractivity contribution in [1.29, 1.82) is 0 Å². The van der Waals surface area contributed by atoms with Crippen LogP contribution in [0.15, 0.2) is 72.7 Å². The minimum absolute atomic E-state index is 0.112. The number of nitrogens with one attached hydrogen (secondary N) is 1. The van der Waals surface area contributed by atoms with Gasteiger partial charge >= 0.3 is 0 Å². The van der Waals surface area contributed by atoms with Crippen LogP contribution in [0.1, 0.15) is 42.6 Å². The van der Waals surface area contributed by atoms with Gasteiger partial charge in [0.05, 0.1) is 12.3 Å². The highest BCUT2D eigenvalue weighted by molar-refractivity contribution is 6.06. The molecule has 0 bridgehead atoms. The number of nitrogens with zero attached hydrogens (tertiary/aromatic N) is 5. The number of anilines is 3. The average Bonchev–Trinajstić information content (AvgIpc) is 3.32. The topological polar surface area (TPSA) is 130 Å². The van der Waals surface area contributed by atoms with Gasteiger partial charge in [-0.05, 0) is 42.5 Å². The van der Waals surface area contributed by atoms with Crippen molar-refractivity contribution in [1.82, 2.24) is 19.7 Å². The fourth-order valence-corrected chi connectivity index (χ4v) is 5.19. The third kappa shape index (κ3) is 5.28. The SMILES string of the molecule is C=C1/C=C2/C(=O)N(c3nccc(-n4cc(C(N)=O)c(Nc5ccccc5)n4)c3CO)CCN2CCC(C)(C)C1. The van der Waals surface area contributed by atoms with E-state index in [1.165, 1.54) is 10.9 Å². The summed E-state index contributed by atoms with van der Waals surface area (Å²) in [5.41, 5.74) is 9.08. The predicted octanol–water partition coefficient (Wildman–Crippen LogP) is 3.51. The Kier molecular flexibility index (Phi) is 6.96. The minimum atomic E-state index is -0.648. The lowest BCUT2D eigenvalue weighted by Crippen LogP contribution is -2.50. The number of carbonyl (C=O) groups is 2. The summed E-state index contributed by atoms with van der Waals surface area (Å²) in [6.45, 7) is 10.1. The number of nitrogens with two attached hydrogens (primary N) is 1. The molecule has 10 nitrogen and oxygen atoms in total. The second-order valence-electron chi connectivity index (χ2n) is 10.7. The molecule has 2 aliphatic heterocycles. The van der Waals surface area contributed by atoms with Crippen LogP contribution < -0.4 is 16.0 Å². The van der Waals surface area contributed by atoms with E-state index in [-0.39, 0.29) is 29.3 Å². The molecule has 0 spiro atoms. The molecule has 4 heterocycles. The quantitative estimate of drug-likeness (QED) is 0.447. The third-order valence-electron chi connectivity index (χ3n) is 7.19. The lowest BCUT2D eigenvalue weighted by molar-refractivity contribution is -0.118. The van der Waals surface area contributed by atoms with Gasteiger partial charge in [-0.1, -0.05) is 44.2 Å². The Hall–Kier alpha value is -4.44. The van der Waals surface area contributed by atoms with E-state index in [0.29, 0.717) is 35.9 Å². The number of hydrogen-bond donors (Lipinski definition) is 3. The highest BCUT2D eigenvalue weighted by Crippen LogP contribution is 2.35. The third-order valence-corrected chi connectivity index (χ3v) is 7.19. The number of aliphatic hydroxyl groups excluding tert-OH is 1. The molecule has 0 aliphatic carbocycles. The number of carbonyl (C=O) groups excluding carboxylic acids is 2. The summed E-state index contributed by atoms with van der Waals surface area (Å²) in [7, 11) is 0. The van der Waals surface area contributed by atoms with Crippen LogP contribution in [0.2, 0.25) is 0 Å². The predicted molar refractivity (Wildman–Crippen MR) is 150 cm³/mol. The van der Waals surface area contributed by atoms with Crippen molar-refractivity contribution in [3.8, 4) is 5.69 Å². The molecule has 5 rings (SSSR count). The smallest absolute Gasteiger partial charge is 0.275 e. The second-order valence-corrected chi connectivity index (χ2v) is 10.7. The van der Waals surface area contributed by atoms with Crippen molar-refractivity contribution >= 4 is 29.1 Å². The molecule has 1 saturated heterocycles. The first-order valence-corrected chi connectivity index (χ1v) is 12.9. The highest BCUT2D eigenvalue weighted by Gasteiger charge is 2.35. The second kappa shape index (κ2) is 10.4. The van der Waals surface area contributed by atoms with Gasteiger partial charge in [0.2, 0.25) is 0 Å². The van der Waals surface area contributed by atoms with E-state index < -0.39 is 5.91 Å². The Labute approximate surface area is 227 Å². The molecule has 1 fully saturated rings. The van der Waals surface area contributed by atoms with Crippen molar-refractivity contribution < 1.29 is 14.7 Å². The van der Waals surface area contributed by atoms with Crippen molar-refractivity contribution in [3.63, 3.8) is 0 Å². The van der Waals surface area contributed by atoms with Crippen LogP contribution in [0.3, 0.4) is 0 Å². The largest absolute Gasteiger partial charge is 0.391 e. The van der Waals surface area contributed by atoms with Crippen LogP contribution in [0.4, 0.5) is 17.3 Å². The van der Waals surface area contributed by atoms with E-state index in [1.807, 2.05) is 36.4 Å². The summed E-state index contributed by atoms with van der Waals surface area (Å²) in [4.78, 5) is 34.2. The van der Waals surface area contributed by atoms with Crippen LogP contribution >= 0.6 is 0 Å². The van der Waals surface area contributed by atoms with Crippen molar-refractivity contribution in [2.75, 3.05) is 29.9 Å². The Morgan fingerprint density at radius 1 is 1.18 bits per heavy atom.